The van der Waals surface area contributed by atoms with Crippen molar-refractivity contribution in [1.29, 1.82) is 0 Å². The maximum Gasteiger partial charge on any atom is 0.0880 e. The summed E-state index contributed by atoms with van der Waals surface area (Å²) in [7, 11) is 0. The number of rotatable bonds is 26. The van der Waals surface area contributed by atoms with Crippen molar-refractivity contribution >= 4 is 0 Å². The molecule has 0 aromatic heterocycles. The van der Waals surface area contributed by atoms with Gasteiger partial charge in [-0.3, -0.25) is 0 Å². The Kier molecular flexibility index (Phi) is 24.4. The van der Waals surface area contributed by atoms with Crippen LogP contribution in [-0.2, 0) is 4.74 Å². The van der Waals surface area contributed by atoms with E-state index >= 15 is 0 Å². The molecule has 188 valence electrons. The van der Waals surface area contributed by atoms with Crippen molar-refractivity contribution in [3.05, 3.63) is 0 Å². The van der Waals surface area contributed by atoms with Crippen molar-refractivity contribution in [3.63, 3.8) is 0 Å². The van der Waals surface area contributed by atoms with E-state index < -0.39 is 5.60 Å². The van der Waals surface area contributed by atoms with Crippen molar-refractivity contribution in [2.45, 2.75) is 161 Å². The lowest BCUT2D eigenvalue weighted by Crippen LogP contribution is -2.35. The molecule has 0 bridgehead atoms. The first-order chi connectivity index (χ1) is 15.2. The van der Waals surface area contributed by atoms with Gasteiger partial charge in [0.2, 0.25) is 0 Å². The monoisotopic (exact) mass is 442 g/mol. The molecule has 31 heavy (non-hydrogen) atoms. The van der Waals surface area contributed by atoms with Crippen LogP contribution in [0.1, 0.15) is 155 Å². The number of aliphatic hydroxyl groups is 2. The van der Waals surface area contributed by atoms with Gasteiger partial charge in [0.15, 0.2) is 0 Å². The van der Waals surface area contributed by atoms with Gasteiger partial charge in [0.25, 0.3) is 0 Å². The Balaban J connectivity index is 3.81. The van der Waals surface area contributed by atoms with Crippen LogP contribution in [0.2, 0.25) is 0 Å². The van der Waals surface area contributed by atoms with Gasteiger partial charge in [0.05, 0.1) is 25.4 Å². The van der Waals surface area contributed by atoms with Gasteiger partial charge in [-0.25, -0.2) is 0 Å². The van der Waals surface area contributed by atoms with Crippen molar-refractivity contribution in [2.24, 2.45) is 0 Å². The summed E-state index contributed by atoms with van der Waals surface area (Å²) in [5.41, 5.74) is -0.699. The highest BCUT2D eigenvalue weighted by Gasteiger charge is 2.26. The van der Waals surface area contributed by atoms with E-state index in [1.165, 1.54) is 116 Å². The van der Waals surface area contributed by atoms with E-state index in [4.69, 9.17) is 9.84 Å². The summed E-state index contributed by atoms with van der Waals surface area (Å²) in [5.74, 6) is 0. The molecular formula is C28H58O3. The van der Waals surface area contributed by atoms with Gasteiger partial charge in [-0.1, -0.05) is 142 Å². The van der Waals surface area contributed by atoms with Crippen LogP contribution >= 0.6 is 0 Å². The molecule has 3 nitrogen and oxygen atoms in total. The molecule has 0 heterocycles. The molecule has 0 saturated heterocycles. The topological polar surface area (TPSA) is 49.7 Å². The molecule has 0 atom stereocenters. The highest BCUT2D eigenvalue weighted by Crippen LogP contribution is 2.24. The zero-order valence-electron chi connectivity index (χ0n) is 21.5. The van der Waals surface area contributed by atoms with Crippen LogP contribution in [-0.4, -0.2) is 35.6 Å². The lowest BCUT2D eigenvalue weighted by Gasteiger charge is -2.28. The first-order valence-corrected chi connectivity index (χ1v) is 14.1. The summed E-state index contributed by atoms with van der Waals surface area (Å²) >= 11 is 0. The summed E-state index contributed by atoms with van der Waals surface area (Å²) in [6, 6.07) is 0. The molecule has 0 amide bonds. The molecule has 0 radical (unpaired) electrons. The maximum absolute atomic E-state index is 11.1. The number of aliphatic hydroxyl groups excluding tert-OH is 1. The van der Waals surface area contributed by atoms with Gasteiger partial charge < -0.3 is 14.9 Å². The number of unbranched alkanes of at least 4 members (excludes halogenated alkanes) is 18. The second kappa shape index (κ2) is 24.5. The highest BCUT2D eigenvalue weighted by molar-refractivity contribution is 4.78. The molecule has 2 N–H and O–H groups in total. The summed E-state index contributed by atoms with van der Waals surface area (Å²) in [6.45, 7) is 5.28. The first-order valence-electron chi connectivity index (χ1n) is 14.1. The van der Waals surface area contributed by atoms with Crippen LogP contribution in [0.5, 0.6) is 0 Å². The third-order valence-electron chi connectivity index (χ3n) is 6.60. The second-order valence-corrected chi connectivity index (χ2v) is 9.86. The fraction of sp³-hybridized carbons (Fsp3) is 1.00. The number of ether oxygens (including phenoxy) is 1. The van der Waals surface area contributed by atoms with Crippen molar-refractivity contribution in [1.82, 2.24) is 0 Å². The molecule has 0 aromatic rings. The largest absolute Gasteiger partial charge is 0.394 e. The van der Waals surface area contributed by atoms with Crippen LogP contribution in [0.3, 0.4) is 0 Å². The van der Waals surface area contributed by atoms with Gasteiger partial charge in [0, 0.05) is 0 Å². The van der Waals surface area contributed by atoms with Gasteiger partial charge in [-0.15, -0.1) is 0 Å². The molecule has 0 aliphatic carbocycles. The molecular weight excluding hydrogens is 384 g/mol. The predicted octanol–water partition coefficient (Wildman–Crippen LogP) is 8.35. The zero-order valence-corrected chi connectivity index (χ0v) is 21.5. The Morgan fingerprint density at radius 1 is 0.516 bits per heavy atom. The van der Waals surface area contributed by atoms with Crippen molar-refractivity contribution < 1.29 is 14.9 Å². The second-order valence-electron chi connectivity index (χ2n) is 9.86. The minimum atomic E-state index is -0.699. The van der Waals surface area contributed by atoms with E-state index in [1.54, 1.807) is 0 Å². The van der Waals surface area contributed by atoms with E-state index in [0.717, 1.165) is 25.7 Å². The summed E-state index contributed by atoms with van der Waals surface area (Å²) in [6.07, 6.45) is 28.1. The van der Waals surface area contributed by atoms with E-state index in [1.807, 2.05) is 0 Å². The average Bonchev–Trinajstić information content (AvgIpc) is 2.76. The number of hydrogen-bond acceptors (Lipinski definition) is 3. The third-order valence-corrected chi connectivity index (χ3v) is 6.60. The van der Waals surface area contributed by atoms with E-state index in [-0.39, 0.29) is 6.61 Å². The Morgan fingerprint density at radius 2 is 0.839 bits per heavy atom. The zero-order chi connectivity index (χ0) is 22.9. The van der Waals surface area contributed by atoms with Gasteiger partial charge >= 0.3 is 0 Å². The Bertz CT molecular complexity index is 308. The minimum Gasteiger partial charge on any atom is -0.394 e. The van der Waals surface area contributed by atoms with Crippen LogP contribution in [0.4, 0.5) is 0 Å². The van der Waals surface area contributed by atoms with Crippen molar-refractivity contribution in [2.75, 3.05) is 19.8 Å². The lowest BCUT2D eigenvalue weighted by molar-refractivity contribution is -0.0650. The molecule has 0 aromatic carbocycles. The molecule has 3 heteroatoms. The SMILES string of the molecule is CCCCCCCCCCCCC(O)(CCCCCCCCCCCC)COCCO. The van der Waals surface area contributed by atoms with E-state index in [0.29, 0.717) is 13.2 Å². The normalized spacial score (nSPS) is 12.0. The summed E-state index contributed by atoms with van der Waals surface area (Å²) < 4.78 is 5.53. The minimum absolute atomic E-state index is 0.0343. The summed E-state index contributed by atoms with van der Waals surface area (Å²) in [5, 5.41) is 20.1. The van der Waals surface area contributed by atoms with Crippen molar-refractivity contribution in [3.8, 4) is 0 Å². The molecule has 0 saturated carbocycles. The average molecular weight is 443 g/mol. The van der Waals surface area contributed by atoms with Gasteiger partial charge in [0.1, 0.15) is 0 Å². The highest BCUT2D eigenvalue weighted by atomic mass is 16.5. The van der Waals surface area contributed by atoms with Gasteiger partial charge in [-0.05, 0) is 12.8 Å². The maximum atomic E-state index is 11.1. The lowest BCUT2D eigenvalue weighted by atomic mass is 9.90. The molecule has 0 aliphatic rings. The Hall–Kier alpha value is -0.120. The van der Waals surface area contributed by atoms with Crippen LogP contribution in [0.15, 0.2) is 0 Å². The fourth-order valence-corrected chi connectivity index (χ4v) is 4.48. The number of hydrogen-bond donors (Lipinski definition) is 2. The third kappa shape index (κ3) is 22.9. The molecule has 0 spiro atoms. The standard InChI is InChI=1S/C28H58O3/c1-3-5-7-9-11-13-15-17-19-21-23-28(30,27-31-26-25-29)24-22-20-18-16-14-12-10-8-6-4-2/h29-30H,3-27H2,1-2H3. The fourth-order valence-electron chi connectivity index (χ4n) is 4.48. The first kappa shape index (κ1) is 30.9. The van der Waals surface area contributed by atoms with Crippen LogP contribution in [0.25, 0.3) is 0 Å². The quantitative estimate of drug-likeness (QED) is 0.132. The Morgan fingerprint density at radius 3 is 1.16 bits per heavy atom. The van der Waals surface area contributed by atoms with Gasteiger partial charge in [-0.2, -0.15) is 0 Å². The van der Waals surface area contributed by atoms with E-state index in [2.05, 4.69) is 13.8 Å². The van der Waals surface area contributed by atoms with E-state index in [9.17, 15) is 5.11 Å². The predicted molar refractivity (Wildman–Crippen MR) is 136 cm³/mol. The summed E-state index contributed by atoms with van der Waals surface area (Å²) in [4.78, 5) is 0. The molecule has 0 fully saturated rings. The van der Waals surface area contributed by atoms with Crippen LogP contribution in [0, 0.1) is 0 Å². The Labute approximate surface area is 195 Å². The molecule has 0 unspecified atom stereocenters. The van der Waals surface area contributed by atoms with Crippen LogP contribution < -0.4 is 0 Å². The molecule has 0 rings (SSSR count). The smallest absolute Gasteiger partial charge is 0.0880 e. The molecule has 0 aliphatic heterocycles.